The molecule has 284 valence electrons. The second-order valence-electron chi connectivity index (χ2n) is 12.9. The fraction of sp³-hybridized carbons (Fsp3) is 0.385. The molecule has 2 fully saturated rings. The molecule has 2 aliphatic rings. The fourth-order valence-electron chi connectivity index (χ4n) is 6.11. The molecule has 2 amide bonds. The SMILES string of the molecule is C.Cc1ccc2cc(C(=O)c3cc(N4CCCCC4)ccc3NC(=O)c3cccc(C(=O)N(C)CCN4CCOCC4)c3)[nH]c2c1.O=C(O)C(F)(F)F. The number of ketones is 1. The van der Waals surface area contributed by atoms with Gasteiger partial charge >= 0.3 is 12.1 Å². The summed E-state index contributed by atoms with van der Waals surface area (Å²) in [5, 5.41) is 11.1. The summed E-state index contributed by atoms with van der Waals surface area (Å²) in [6, 6.07) is 20.3. The minimum absolute atomic E-state index is 0. The highest BCUT2D eigenvalue weighted by atomic mass is 19.4. The molecular weight excluding hydrogens is 691 g/mol. The van der Waals surface area contributed by atoms with Crippen molar-refractivity contribution in [2.75, 3.05) is 69.7 Å². The van der Waals surface area contributed by atoms with Gasteiger partial charge in [0.25, 0.3) is 11.8 Å². The van der Waals surface area contributed by atoms with Crippen LogP contribution in [0.5, 0.6) is 0 Å². The molecule has 2 saturated heterocycles. The summed E-state index contributed by atoms with van der Waals surface area (Å²) in [5.74, 6) is -3.47. The molecule has 4 aromatic rings. The van der Waals surface area contributed by atoms with E-state index in [1.165, 1.54) is 6.42 Å². The van der Waals surface area contributed by atoms with Crippen LogP contribution in [-0.2, 0) is 9.53 Å². The van der Waals surface area contributed by atoms with Crippen molar-refractivity contribution in [3.8, 4) is 0 Å². The molecule has 0 spiro atoms. The van der Waals surface area contributed by atoms with Crippen molar-refractivity contribution in [3.63, 3.8) is 0 Å². The number of hydrogen-bond acceptors (Lipinski definition) is 7. The number of nitrogens with one attached hydrogen (secondary N) is 2. The number of carbonyl (C=O) groups is 4. The first-order chi connectivity index (χ1) is 24.8. The van der Waals surface area contributed by atoms with Crippen molar-refractivity contribution in [3.05, 3.63) is 94.7 Å². The lowest BCUT2D eigenvalue weighted by atomic mass is 10.0. The molecule has 3 N–H and O–H groups in total. The number of carboxylic acid groups (broad SMARTS) is 1. The molecular formula is C39H46F3N5O6. The van der Waals surface area contributed by atoms with Crippen LogP contribution < -0.4 is 10.2 Å². The van der Waals surface area contributed by atoms with Crippen LogP contribution in [0, 0.1) is 6.92 Å². The van der Waals surface area contributed by atoms with Crippen LogP contribution in [0.2, 0.25) is 0 Å². The number of rotatable bonds is 9. The Labute approximate surface area is 306 Å². The second-order valence-corrected chi connectivity index (χ2v) is 12.9. The first-order valence-electron chi connectivity index (χ1n) is 17.1. The number of aromatic amines is 1. The number of piperidine rings is 1. The molecule has 11 nitrogen and oxygen atoms in total. The minimum atomic E-state index is -5.08. The maximum absolute atomic E-state index is 14.0. The summed E-state index contributed by atoms with van der Waals surface area (Å²) in [6.07, 6.45) is -1.66. The van der Waals surface area contributed by atoms with Crippen molar-refractivity contribution >= 4 is 45.8 Å². The molecule has 6 rings (SSSR count). The van der Waals surface area contributed by atoms with Crippen molar-refractivity contribution in [2.45, 2.75) is 39.8 Å². The van der Waals surface area contributed by atoms with Gasteiger partial charge in [-0.3, -0.25) is 19.3 Å². The van der Waals surface area contributed by atoms with Gasteiger partial charge in [-0.05, 0) is 80.3 Å². The van der Waals surface area contributed by atoms with E-state index in [-0.39, 0.29) is 25.0 Å². The number of carboxylic acids is 1. The van der Waals surface area contributed by atoms with Crippen LogP contribution in [0.25, 0.3) is 10.9 Å². The van der Waals surface area contributed by atoms with Crippen LogP contribution in [0.3, 0.4) is 0 Å². The number of carbonyl (C=O) groups excluding carboxylic acids is 3. The summed E-state index contributed by atoms with van der Waals surface area (Å²) >= 11 is 0. The molecule has 3 aromatic carbocycles. The van der Waals surface area contributed by atoms with Crippen molar-refractivity contribution in [2.24, 2.45) is 0 Å². The van der Waals surface area contributed by atoms with Gasteiger partial charge in [-0.2, -0.15) is 13.2 Å². The van der Waals surface area contributed by atoms with Gasteiger partial charge in [0.05, 0.1) is 24.6 Å². The summed E-state index contributed by atoms with van der Waals surface area (Å²) in [5.41, 5.74) is 5.08. The Morgan fingerprint density at radius 1 is 0.906 bits per heavy atom. The Bertz CT molecular complexity index is 1920. The number of aryl methyl sites for hydroxylation is 1. The monoisotopic (exact) mass is 737 g/mol. The third-order valence-electron chi connectivity index (χ3n) is 9.06. The Kier molecular flexibility index (Phi) is 13.8. The molecule has 0 bridgehead atoms. The quantitative estimate of drug-likeness (QED) is 0.163. The first-order valence-corrected chi connectivity index (χ1v) is 17.1. The number of fused-ring (bicyclic) bond motifs is 1. The molecule has 3 heterocycles. The number of benzene rings is 3. The largest absolute Gasteiger partial charge is 0.490 e. The Morgan fingerprint density at radius 2 is 1.58 bits per heavy atom. The van der Waals surface area contributed by atoms with E-state index in [2.05, 4.69) is 20.1 Å². The molecule has 53 heavy (non-hydrogen) atoms. The molecule has 0 radical (unpaired) electrons. The number of likely N-dealkylation sites (N-methyl/N-ethyl adjacent to an activating group) is 1. The minimum Gasteiger partial charge on any atom is -0.475 e. The van der Waals surface area contributed by atoms with Gasteiger partial charge in [0.1, 0.15) is 0 Å². The van der Waals surface area contributed by atoms with Crippen LogP contribution in [0.15, 0.2) is 66.7 Å². The van der Waals surface area contributed by atoms with E-state index in [4.69, 9.17) is 14.6 Å². The molecule has 14 heteroatoms. The predicted octanol–water partition coefficient (Wildman–Crippen LogP) is 6.62. The van der Waals surface area contributed by atoms with Gasteiger partial charge in [-0.1, -0.05) is 25.6 Å². The molecule has 1 aromatic heterocycles. The standard InChI is InChI=1S/C36H41N5O4.C2HF3O2.CH4/c1-25-9-10-26-23-33(37-32(26)21-25)34(42)30-24-29(41-13-4-3-5-14-41)11-12-31(30)38-35(43)27-7-6-8-28(22-27)36(44)39(2)15-16-40-17-19-45-20-18-40;3-2(4,5)1(6)7;/h6-12,21-24,37H,3-5,13-20H2,1-2H3,(H,38,43);(H,6,7);1H4. The number of amides is 2. The Balaban J connectivity index is 0.000000715. The lowest BCUT2D eigenvalue weighted by Crippen LogP contribution is -2.41. The maximum atomic E-state index is 14.0. The molecule has 2 aliphatic heterocycles. The number of alkyl halides is 3. The second kappa shape index (κ2) is 18.0. The number of nitrogens with zero attached hydrogens (tertiary/aromatic N) is 3. The van der Waals surface area contributed by atoms with Crippen LogP contribution in [0.4, 0.5) is 24.5 Å². The number of ether oxygens (including phenoxy) is 1. The van der Waals surface area contributed by atoms with E-state index < -0.39 is 12.1 Å². The summed E-state index contributed by atoms with van der Waals surface area (Å²) in [6.45, 7) is 8.39. The number of aliphatic carboxylic acids is 1. The number of hydrogen-bond donors (Lipinski definition) is 3. The fourth-order valence-corrected chi connectivity index (χ4v) is 6.11. The zero-order valence-corrected chi connectivity index (χ0v) is 29.1. The average molecular weight is 738 g/mol. The van der Waals surface area contributed by atoms with Gasteiger partial charge in [0.15, 0.2) is 0 Å². The van der Waals surface area contributed by atoms with Crippen molar-refractivity contribution in [1.82, 2.24) is 14.8 Å². The zero-order valence-electron chi connectivity index (χ0n) is 29.1. The topological polar surface area (TPSA) is 135 Å². The first kappa shape index (κ1) is 40.6. The Hall–Kier alpha value is -5.21. The summed E-state index contributed by atoms with van der Waals surface area (Å²) < 4.78 is 37.1. The van der Waals surface area contributed by atoms with E-state index in [1.54, 1.807) is 36.2 Å². The van der Waals surface area contributed by atoms with Crippen LogP contribution in [0.1, 0.15) is 69.0 Å². The van der Waals surface area contributed by atoms with E-state index >= 15 is 0 Å². The number of H-pyrrole nitrogens is 1. The van der Waals surface area contributed by atoms with Crippen molar-refractivity contribution in [1.29, 1.82) is 0 Å². The number of aromatic nitrogens is 1. The van der Waals surface area contributed by atoms with Gasteiger partial charge in [-0.15, -0.1) is 0 Å². The third-order valence-corrected chi connectivity index (χ3v) is 9.06. The van der Waals surface area contributed by atoms with Gasteiger partial charge < -0.3 is 29.9 Å². The van der Waals surface area contributed by atoms with Gasteiger partial charge in [0.2, 0.25) is 5.78 Å². The number of halogens is 3. The number of anilines is 2. The van der Waals surface area contributed by atoms with E-state index in [9.17, 15) is 27.6 Å². The van der Waals surface area contributed by atoms with Crippen LogP contribution >= 0.6 is 0 Å². The zero-order chi connectivity index (χ0) is 37.4. The highest BCUT2D eigenvalue weighted by Gasteiger charge is 2.38. The van der Waals surface area contributed by atoms with E-state index in [0.29, 0.717) is 47.8 Å². The lowest BCUT2D eigenvalue weighted by Gasteiger charge is -2.29. The normalized spacial score (nSPS) is 14.8. The molecule has 0 atom stereocenters. The smallest absolute Gasteiger partial charge is 0.475 e. The molecule has 0 aliphatic carbocycles. The molecule has 0 saturated carbocycles. The average Bonchev–Trinajstić information content (AvgIpc) is 3.57. The van der Waals surface area contributed by atoms with Crippen LogP contribution in [-0.4, -0.2) is 109 Å². The summed E-state index contributed by atoms with van der Waals surface area (Å²) in [7, 11) is 1.78. The summed E-state index contributed by atoms with van der Waals surface area (Å²) in [4.78, 5) is 59.3. The van der Waals surface area contributed by atoms with Crippen molar-refractivity contribution < 1.29 is 42.2 Å². The lowest BCUT2D eigenvalue weighted by molar-refractivity contribution is -0.192. The van der Waals surface area contributed by atoms with E-state index in [1.807, 2.05) is 49.4 Å². The van der Waals surface area contributed by atoms with Gasteiger partial charge in [-0.25, -0.2) is 4.79 Å². The Morgan fingerprint density at radius 3 is 2.26 bits per heavy atom. The van der Waals surface area contributed by atoms with E-state index in [0.717, 1.165) is 67.7 Å². The van der Waals surface area contributed by atoms with Gasteiger partial charge in [0, 0.05) is 79.6 Å². The molecule has 0 unspecified atom stereocenters. The third kappa shape index (κ3) is 10.7. The highest BCUT2D eigenvalue weighted by molar-refractivity contribution is 6.16. The highest BCUT2D eigenvalue weighted by Crippen LogP contribution is 2.29. The number of morpholine rings is 1. The maximum Gasteiger partial charge on any atom is 0.490 e. The predicted molar refractivity (Wildman–Crippen MR) is 198 cm³/mol.